The van der Waals surface area contributed by atoms with E-state index in [0.29, 0.717) is 12.8 Å². The number of carbonyl (C=O) groups excluding carboxylic acids is 2. The molecule has 1 aromatic rings. The van der Waals surface area contributed by atoms with Gasteiger partial charge in [-0.3, -0.25) is 9.59 Å². The van der Waals surface area contributed by atoms with Crippen LogP contribution in [-0.4, -0.2) is 11.6 Å². The number of Topliss-reactive ketones (excluding diaryl/α,β-unsaturated/α-hetero) is 2. The van der Waals surface area contributed by atoms with E-state index in [1.54, 1.807) is 0 Å². The molecular weight excluding hydrogens is 212 g/mol. The van der Waals surface area contributed by atoms with Crippen LogP contribution < -0.4 is 0 Å². The van der Waals surface area contributed by atoms with Crippen LogP contribution in [0.1, 0.15) is 25.3 Å². The van der Waals surface area contributed by atoms with Crippen molar-refractivity contribution >= 4 is 11.6 Å². The third kappa shape index (κ3) is 4.65. The van der Waals surface area contributed by atoms with Crippen LogP contribution >= 0.6 is 0 Å². The Morgan fingerprint density at radius 2 is 1.94 bits per heavy atom. The minimum atomic E-state index is -0.244. The van der Waals surface area contributed by atoms with E-state index in [9.17, 15) is 9.59 Å². The minimum Gasteiger partial charge on any atom is -0.300 e. The zero-order valence-electron chi connectivity index (χ0n) is 9.98. The van der Waals surface area contributed by atoms with E-state index in [1.165, 1.54) is 6.92 Å². The first-order valence-corrected chi connectivity index (χ1v) is 5.63. The van der Waals surface area contributed by atoms with Crippen LogP contribution in [0.3, 0.4) is 0 Å². The summed E-state index contributed by atoms with van der Waals surface area (Å²) in [5.41, 5.74) is 1.07. The molecule has 0 N–H and O–H groups in total. The molecule has 0 saturated carbocycles. The van der Waals surface area contributed by atoms with Gasteiger partial charge in [0.05, 0.1) is 6.42 Å². The molecule has 88 valence electrons. The minimum absolute atomic E-state index is 0.0147. The third-order valence-corrected chi connectivity index (χ3v) is 2.57. The summed E-state index contributed by atoms with van der Waals surface area (Å²) in [6.45, 7) is 1.42. The van der Waals surface area contributed by atoms with Gasteiger partial charge in [-0.2, -0.15) is 0 Å². The fourth-order valence-electron chi connectivity index (χ4n) is 1.73. The van der Waals surface area contributed by atoms with Crippen LogP contribution in [0.25, 0.3) is 0 Å². The molecule has 0 fully saturated rings. The highest BCUT2D eigenvalue weighted by Gasteiger charge is 2.19. The molecule has 0 aliphatic carbocycles. The number of benzene rings is 1. The molecule has 2 nitrogen and oxygen atoms in total. The molecule has 0 amide bonds. The number of rotatable bonds is 6. The highest BCUT2D eigenvalue weighted by Crippen LogP contribution is 2.14. The molecule has 1 unspecified atom stereocenters. The Morgan fingerprint density at radius 3 is 2.47 bits per heavy atom. The predicted octanol–water partition coefficient (Wildman–Crippen LogP) is 2.42. The summed E-state index contributed by atoms with van der Waals surface area (Å²) < 4.78 is 0. The smallest absolute Gasteiger partial charge is 0.144 e. The molecule has 1 aromatic carbocycles. The van der Waals surface area contributed by atoms with Gasteiger partial charge in [0.1, 0.15) is 11.6 Å². The second kappa shape index (κ2) is 6.65. The Morgan fingerprint density at radius 1 is 1.29 bits per heavy atom. The fourth-order valence-corrected chi connectivity index (χ4v) is 1.73. The monoisotopic (exact) mass is 228 g/mol. The summed E-state index contributed by atoms with van der Waals surface area (Å²) in [6.07, 6.45) is 6.25. The van der Waals surface area contributed by atoms with Gasteiger partial charge in [0.2, 0.25) is 0 Å². The first-order chi connectivity index (χ1) is 8.13. The number of hydrogen-bond acceptors (Lipinski definition) is 2. The molecule has 1 atom stereocenters. The standard InChI is InChI=1S/C15H16O2/c1-3-7-14(15(17)10-12(2)16)11-13-8-5-4-6-9-13/h1,4-6,8-9,14H,7,10-11H2,2H3. The van der Waals surface area contributed by atoms with Gasteiger partial charge in [-0.15, -0.1) is 12.3 Å². The van der Waals surface area contributed by atoms with Gasteiger partial charge >= 0.3 is 0 Å². The molecule has 0 aromatic heterocycles. The van der Waals surface area contributed by atoms with Crippen LogP contribution in [0.2, 0.25) is 0 Å². The van der Waals surface area contributed by atoms with E-state index in [0.717, 1.165) is 5.56 Å². The number of carbonyl (C=O) groups is 2. The van der Waals surface area contributed by atoms with Crippen LogP contribution in [0.5, 0.6) is 0 Å². The molecule has 0 bridgehead atoms. The number of hydrogen-bond donors (Lipinski definition) is 0. The van der Waals surface area contributed by atoms with Gasteiger partial charge in [-0.1, -0.05) is 30.3 Å². The maximum atomic E-state index is 11.8. The molecule has 17 heavy (non-hydrogen) atoms. The van der Waals surface area contributed by atoms with Crippen molar-refractivity contribution in [2.24, 2.45) is 5.92 Å². The molecule has 2 heteroatoms. The normalized spacial score (nSPS) is 11.5. The second-order valence-electron chi connectivity index (χ2n) is 4.14. The first kappa shape index (κ1) is 13.2. The molecule has 0 radical (unpaired) electrons. The van der Waals surface area contributed by atoms with E-state index < -0.39 is 0 Å². The lowest BCUT2D eigenvalue weighted by Gasteiger charge is -2.12. The van der Waals surface area contributed by atoms with Crippen molar-refractivity contribution < 1.29 is 9.59 Å². The molecule has 0 spiro atoms. The highest BCUT2D eigenvalue weighted by atomic mass is 16.1. The van der Waals surface area contributed by atoms with Gasteiger partial charge in [0, 0.05) is 12.3 Å². The fraction of sp³-hybridized carbons (Fsp3) is 0.333. The molecule has 0 heterocycles. The van der Waals surface area contributed by atoms with Gasteiger partial charge in [0.15, 0.2) is 0 Å². The van der Waals surface area contributed by atoms with Crippen molar-refractivity contribution in [3.05, 3.63) is 35.9 Å². The molecule has 1 rings (SSSR count). The molecular formula is C15H16O2. The maximum Gasteiger partial charge on any atom is 0.144 e. The summed E-state index contributed by atoms with van der Waals surface area (Å²) in [5, 5.41) is 0. The lowest BCUT2D eigenvalue weighted by Crippen LogP contribution is -2.19. The highest BCUT2D eigenvalue weighted by molar-refractivity contribution is 5.99. The lowest BCUT2D eigenvalue weighted by molar-refractivity contribution is -0.128. The van der Waals surface area contributed by atoms with E-state index >= 15 is 0 Å². The molecule has 0 aliphatic heterocycles. The Labute approximate surface area is 102 Å². The van der Waals surface area contributed by atoms with Crippen LogP contribution in [0.4, 0.5) is 0 Å². The SMILES string of the molecule is C#CCC(Cc1ccccc1)C(=O)CC(C)=O. The van der Waals surface area contributed by atoms with Crippen molar-refractivity contribution in [2.45, 2.75) is 26.2 Å². The quantitative estimate of drug-likeness (QED) is 0.553. The van der Waals surface area contributed by atoms with Gasteiger partial charge in [-0.25, -0.2) is 0 Å². The number of ketones is 2. The Kier molecular flexibility index (Phi) is 5.16. The summed E-state index contributed by atoms with van der Waals surface area (Å²) in [7, 11) is 0. The Hall–Kier alpha value is -1.88. The molecule has 0 saturated heterocycles. The zero-order valence-corrected chi connectivity index (χ0v) is 9.98. The Bertz CT molecular complexity index is 426. The lowest BCUT2D eigenvalue weighted by atomic mass is 9.90. The van der Waals surface area contributed by atoms with E-state index in [2.05, 4.69) is 5.92 Å². The van der Waals surface area contributed by atoms with Crippen molar-refractivity contribution in [3.8, 4) is 12.3 Å². The topological polar surface area (TPSA) is 34.1 Å². The van der Waals surface area contributed by atoms with Crippen LogP contribution in [0.15, 0.2) is 30.3 Å². The van der Waals surface area contributed by atoms with Crippen molar-refractivity contribution in [1.29, 1.82) is 0 Å². The molecule has 0 aliphatic rings. The predicted molar refractivity (Wildman–Crippen MR) is 67.4 cm³/mol. The van der Waals surface area contributed by atoms with Crippen molar-refractivity contribution in [3.63, 3.8) is 0 Å². The van der Waals surface area contributed by atoms with Gasteiger partial charge in [-0.05, 0) is 18.9 Å². The average Bonchev–Trinajstić information content (AvgIpc) is 2.29. The zero-order chi connectivity index (χ0) is 12.7. The van der Waals surface area contributed by atoms with Gasteiger partial charge in [0.25, 0.3) is 0 Å². The van der Waals surface area contributed by atoms with Gasteiger partial charge < -0.3 is 0 Å². The summed E-state index contributed by atoms with van der Waals surface area (Å²) in [4.78, 5) is 22.8. The number of terminal acetylenes is 1. The maximum absolute atomic E-state index is 11.8. The third-order valence-electron chi connectivity index (χ3n) is 2.57. The van der Waals surface area contributed by atoms with Crippen molar-refractivity contribution in [1.82, 2.24) is 0 Å². The Balaban J connectivity index is 2.70. The second-order valence-corrected chi connectivity index (χ2v) is 4.14. The van der Waals surface area contributed by atoms with Crippen LogP contribution in [0, 0.1) is 18.3 Å². The van der Waals surface area contributed by atoms with E-state index in [4.69, 9.17) is 6.42 Å². The summed E-state index contributed by atoms with van der Waals surface area (Å²) in [6, 6.07) is 9.71. The van der Waals surface area contributed by atoms with E-state index in [-0.39, 0.29) is 23.9 Å². The van der Waals surface area contributed by atoms with E-state index in [1.807, 2.05) is 30.3 Å². The summed E-state index contributed by atoms with van der Waals surface area (Å²) in [5.74, 6) is 2.10. The first-order valence-electron chi connectivity index (χ1n) is 5.63. The largest absolute Gasteiger partial charge is 0.300 e. The summed E-state index contributed by atoms with van der Waals surface area (Å²) >= 11 is 0. The van der Waals surface area contributed by atoms with Crippen LogP contribution in [-0.2, 0) is 16.0 Å². The average molecular weight is 228 g/mol. The van der Waals surface area contributed by atoms with Crippen molar-refractivity contribution in [2.75, 3.05) is 0 Å².